The molecule has 1 atom stereocenters. The van der Waals surface area contributed by atoms with Crippen LogP contribution in [-0.4, -0.2) is 38.0 Å². The second-order valence-electron chi connectivity index (χ2n) is 4.79. The predicted molar refractivity (Wildman–Crippen MR) is 57.9 cm³/mol. The van der Waals surface area contributed by atoms with E-state index < -0.39 is 9.84 Å². The molecule has 1 heterocycles. The Bertz CT molecular complexity index is 280. The van der Waals surface area contributed by atoms with Crippen molar-refractivity contribution in [2.75, 3.05) is 18.1 Å². The van der Waals surface area contributed by atoms with Gasteiger partial charge in [0.1, 0.15) is 0 Å². The average molecular weight is 220 g/mol. The maximum absolute atomic E-state index is 11.1. The minimum absolute atomic E-state index is 0.141. The van der Waals surface area contributed by atoms with Crippen molar-refractivity contribution in [3.8, 4) is 0 Å². The zero-order chi connectivity index (χ0) is 10.8. The molecule has 1 rings (SSSR count). The maximum Gasteiger partial charge on any atom is 0.151 e. The first-order valence-electron chi connectivity index (χ1n) is 5.01. The molecular weight excluding hydrogens is 200 g/mol. The monoisotopic (exact) mass is 220 g/mol. The molecule has 0 spiro atoms. The van der Waals surface area contributed by atoms with Gasteiger partial charge in [0.05, 0.1) is 11.5 Å². The zero-order valence-corrected chi connectivity index (χ0v) is 9.73. The Kier molecular flexibility index (Phi) is 3.55. The Morgan fingerprint density at radius 2 is 2.14 bits per heavy atom. The lowest BCUT2D eigenvalue weighted by atomic mass is 10.0. The number of rotatable bonds is 4. The number of hydrogen-bond acceptors (Lipinski definition) is 4. The van der Waals surface area contributed by atoms with E-state index in [-0.39, 0.29) is 17.3 Å². The highest BCUT2D eigenvalue weighted by Crippen LogP contribution is 2.11. The number of nitrogens with one attached hydrogen (secondary N) is 1. The second kappa shape index (κ2) is 4.16. The molecule has 0 bridgehead atoms. The van der Waals surface area contributed by atoms with Crippen molar-refractivity contribution < 1.29 is 8.42 Å². The molecule has 0 amide bonds. The number of nitrogens with two attached hydrogens (primary N) is 1. The third-order valence-corrected chi connectivity index (χ3v) is 4.20. The zero-order valence-electron chi connectivity index (χ0n) is 8.91. The van der Waals surface area contributed by atoms with Crippen LogP contribution in [0.4, 0.5) is 0 Å². The summed E-state index contributed by atoms with van der Waals surface area (Å²) < 4.78 is 22.3. The highest BCUT2D eigenvalue weighted by Gasteiger charge is 2.27. The van der Waals surface area contributed by atoms with Crippen LogP contribution in [0, 0.1) is 0 Å². The summed E-state index contributed by atoms with van der Waals surface area (Å²) in [5.41, 5.74) is 5.64. The minimum atomic E-state index is -2.76. The fourth-order valence-electron chi connectivity index (χ4n) is 1.55. The van der Waals surface area contributed by atoms with Gasteiger partial charge >= 0.3 is 0 Å². The standard InChI is InChI=1S/C9H20N2O2S/c1-9(2,10)4-5-11-8-3-6-14(12,13)7-8/h8,11H,3-7,10H2,1-2H3. The van der Waals surface area contributed by atoms with Gasteiger partial charge in [-0.15, -0.1) is 0 Å². The topological polar surface area (TPSA) is 72.2 Å². The summed E-state index contributed by atoms with van der Waals surface area (Å²) in [7, 11) is -2.76. The van der Waals surface area contributed by atoms with E-state index in [1.165, 1.54) is 0 Å². The van der Waals surface area contributed by atoms with Gasteiger partial charge in [-0.05, 0) is 33.2 Å². The largest absolute Gasteiger partial charge is 0.326 e. The summed E-state index contributed by atoms with van der Waals surface area (Å²) >= 11 is 0. The summed E-state index contributed by atoms with van der Waals surface area (Å²) in [5.74, 6) is 0.620. The van der Waals surface area contributed by atoms with E-state index >= 15 is 0 Å². The van der Waals surface area contributed by atoms with Gasteiger partial charge in [-0.1, -0.05) is 0 Å². The van der Waals surface area contributed by atoms with Crippen LogP contribution in [0.1, 0.15) is 26.7 Å². The summed E-state index contributed by atoms with van der Waals surface area (Å²) in [6, 6.07) is 0.141. The van der Waals surface area contributed by atoms with E-state index in [4.69, 9.17) is 5.73 Å². The predicted octanol–water partition coefficient (Wildman–Crippen LogP) is -0.109. The Hall–Kier alpha value is -0.130. The minimum Gasteiger partial charge on any atom is -0.326 e. The van der Waals surface area contributed by atoms with E-state index in [2.05, 4.69) is 5.32 Å². The van der Waals surface area contributed by atoms with Gasteiger partial charge in [0, 0.05) is 11.6 Å². The lowest BCUT2D eigenvalue weighted by Crippen LogP contribution is -2.39. The molecule has 1 aliphatic heterocycles. The van der Waals surface area contributed by atoms with Gasteiger partial charge in [0.2, 0.25) is 0 Å². The van der Waals surface area contributed by atoms with Crippen molar-refractivity contribution in [3.05, 3.63) is 0 Å². The maximum atomic E-state index is 11.1. The molecular formula is C9H20N2O2S. The fraction of sp³-hybridized carbons (Fsp3) is 1.00. The van der Waals surface area contributed by atoms with Crippen molar-refractivity contribution in [1.29, 1.82) is 0 Å². The lowest BCUT2D eigenvalue weighted by Gasteiger charge is -2.19. The molecule has 1 unspecified atom stereocenters. The summed E-state index contributed by atoms with van der Waals surface area (Å²) in [6.07, 6.45) is 1.61. The average Bonchev–Trinajstić information content (AvgIpc) is 2.27. The summed E-state index contributed by atoms with van der Waals surface area (Å²) in [5, 5.41) is 3.23. The van der Waals surface area contributed by atoms with Crippen LogP contribution >= 0.6 is 0 Å². The van der Waals surface area contributed by atoms with Crippen LogP contribution in [0.15, 0.2) is 0 Å². The molecule has 1 aliphatic rings. The van der Waals surface area contributed by atoms with Crippen molar-refractivity contribution in [2.45, 2.75) is 38.3 Å². The molecule has 0 aromatic rings. The third kappa shape index (κ3) is 4.39. The van der Waals surface area contributed by atoms with Gasteiger partial charge in [0.15, 0.2) is 9.84 Å². The molecule has 84 valence electrons. The van der Waals surface area contributed by atoms with E-state index in [9.17, 15) is 8.42 Å². The molecule has 0 aromatic heterocycles. The van der Waals surface area contributed by atoms with Crippen LogP contribution in [0.3, 0.4) is 0 Å². The van der Waals surface area contributed by atoms with Gasteiger partial charge in [-0.25, -0.2) is 8.42 Å². The molecule has 3 N–H and O–H groups in total. The highest BCUT2D eigenvalue weighted by atomic mass is 32.2. The van der Waals surface area contributed by atoms with Crippen LogP contribution in [0.5, 0.6) is 0 Å². The molecule has 0 aliphatic carbocycles. The van der Waals surface area contributed by atoms with Gasteiger partial charge in [-0.3, -0.25) is 0 Å². The summed E-state index contributed by atoms with van der Waals surface area (Å²) in [6.45, 7) is 4.74. The van der Waals surface area contributed by atoms with Crippen molar-refractivity contribution in [1.82, 2.24) is 5.32 Å². The number of hydrogen-bond donors (Lipinski definition) is 2. The fourth-order valence-corrected chi connectivity index (χ4v) is 3.26. The Balaban J connectivity index is 2.22. The van der Waals surface area contributed by atoms with E-state index in [1.807, 2.05) is 13.8 Å². The van der Waals surface area contributed by atoms with E-state index in [0.29, 0.717) is 5.75 Å². The quantitative estimate of drug-likeness (QED) is 0.693. The normalized spacial score (nSPS) is 26.6. The lowest BCUT2D eigenvalue weighted by molar-refractivity contribution is 0.434. The molecule has 1 saturated heterocycles. The molecule has 5 heteroatoms. The molecule has 1 fully saturated rings. The molecule has 14 heavy (non-hydrogen) atoms. The van der Waals surface area contributed by atoms with Crippen molar-refractivity contribution in [2.24, 2.45) is 5.73 Å². The molecule has 0 radical (unpaired) electrons. The third-order valence-electron chi connectivity index (χ3n) is 2.43. The molecule has 0 aromatic carbocycles. The van der Waals surface area contributed by atoms with Crippen LogP contribution in [0.2, 0.25) is 0 Å². The van der Waals surface area contributed by atoms with Crippen molar-refractivity contribution in [3.63, 3.8) is 0 Å². The first-order chi connectivity index (χ1) is 6.29. The Morgan fingerprint density at radius 3 is 2.57 bits per heavy atom. The van der Waals surface area contributed by atoms with Crippen molar-refractivity contribution >= 4 is 9.84 Å². The van der Waals surface area contributed by atoms with Gasteiger partial charge in [-0.2, -0.15) is 0 Å². The first-order valence-corrected chi connectivity index (χ1v) is 6.83. The van der Waals surface area contributed by atoms with Gasteiger partial charge < -0.3 is 11.1 Å². The van der Waals surface area contributed by atoms with E-state index in [1.54, 1.807) is 0 Å². The molecule has 0 saturated carbocycles. The first kappa shape index (κ1) is 11.9. The SMILES string of the molecule is CC(C)(N)CCNC1CCS(=O)(=O)C1. The van der Waals surface area contributed by atoms with E-state index in [0.717, 1.165) is 19.4 Å². The van der Waals surface area contributed by atoms with Crippen LogP contribution in [-0.2, 0) is 9.84 Å². The Morgan fingerprint density at radius 1 is 1.50 bits per heavy atom. The van der Waals surface area contributed by atoms with Crippen LogP contribution in [0.25, 0.3) is 0 Å². The smallest absolute Gasteiger partial charge is 0.151 e. The van der Waals surface area contributed by atoms with Gasteiger partial charge in [0.25, 0.3) is 0 Å². The number of sulfone groups is 1. The Labute approximate surface area is 86.2 Å². The second-order valence-corrected chi connectivity index (χ2v) is 7.02. The van der Waals surface area contributed by atoms with Crippen LogP contribution < -0.4 is 11.1 Å². The highest BCUT2D eigenvalue weighted by molar-refractivity contribution is 7.91. The molecule has 4 nitrogen and oxygen atoms in total. The summed E-state index contributed by atoms with van der Waals surface area (Å²) in [4.78, 5) is 0.